The van der Waals surface area contributed by atoms with Gasteiger partial charge in [0.2, 0.25) is 11.8 Å². The number of nitrogens with one attached hydrogen (secondary N) is 1. The number of piperidine rings is 1. The number of nitrogens with zero attached hydrogens (tertiary/aromatic N) is 2. The van der Waals surface area contributed by atoms with Gasteiger partial charge in [-0.3, -0.25) is 14.5 Å². The number of rotatable bonds is 8. The van der Waals surface area contributed by atoms with Crippen molar-refractivity contribution in [1.82, 2.24) is 15.1 Å². The van der Waals surface area contributed by atoms with Gasteiger partial charge in [0.15, 0.2) is 0 Å². The first-order valence-electron chi connectivity index (χ1n) is 7.99. The third-order valence-corrected chi connectivity index (χ3v) is 3.92. The van der Waals surface area contributed by atoms with Crippen molar-refractivity contribution in [2.24, 2.45) is 11.7 Å². The molecular formula is C15H30N4O2. The van der Waals surface area contributed by atoms with Crippen LogP contribution in [0, 0.1) is 5.92 Å². The molecule has 1 aliphatic heterocycles. The summed E-state index contributed by atoms with van der Waals surface area (Å²) in [6.45, 7) is 5.82. The van der Waals surface area contributed by atoms with E-state index < -0.39 is 0 Å². The van der Waals surface area contributed by atoms with E-state index in [4.69, 9.17) is 5.73 Å². The van der Waals surface area contributed by atoms with Crippen molar-refractivity contribution in [1.29, 1.82) is 0 Å². The Kier molecular flexibility index (Phi) is 8.30. The summed E-state index contributed by atoms with van der Waals surface area (Å²) in [6.07, 6.45) is 4.26. The van der Waals surface area contributed by atoms with Gasteiger partial charge >= 0.3 is 0 Å². The molecule has 21 heavy (non-hydrogen) atoms. The van der Waals surface area contributed by atoms with Gasteiger partial charge in [0.25, 0.3) is 0 Å². The Morgan fingerprint density at radius 1 is 1.43 bits per heavy atom. The fourth-order valence-electron chi connectivity index (χ4n) is 2.70. The Bertz CT molecular complexity index is 334. The fraction of sp³-hybridized carbons (Fsp3) is 0.867. The molecule has 6 nitrogen and oxygen atoms in total. The molecule has 1 atom stereocenters. The van der Waals surface area contributed by atoms with E-state index in [1.54, 1.807) is 7.05 Å². The molecule has 0 aromatic rings. The molecule has 122 valence electrons. The lowest BCUT2D eigenvalue weighted by Gasteiger charge is -2.33. The molecule has 0 aliphatic carbocycles. The van der Waals surface area contributed by atoms with Crippen LogP contribution in [0.15, 0.2) is 0 Å². The highest BCUT2D eigenvalue weighted by atomic mass is 16.2. The molecule has 1 heterocycles. The maximum absolute atomic E-state index is 12.2. The third kappa shape index (κ3) is 6.91. The molecule has 2 amide bonds. The van der Waals surface area contributed by atoms with E-state index in [0.29, 0.717) is 25.6 Å². The van der Waals surface area contributed by atoms with E-state index in [0.717, 1.165) is 32.4 Å². The first-order valence-corrected chi connectivity index (χ1v) is 7.99. The van der Waals surface area contributed by atoms with E-state index in [2.05, 4.69) is 10.2 Å². The lowest BCUT2D eigenvalue weighted by Crippen LogP contribution is -2.46. The van der Waals surface area contributed by atoms with Crippen molar-refractivity contribution < 1.29 is 9.59 Å². The van der Waals surface area contributed by atoms with Crippen LogP contribution in [0.1, 0.15) is 32.6 Å². The van der Waals surface area contributed by atoms with Crippen LogP contribution in [-0.4, -0.2) is 67.9 Å². The van der Waals surface area contributed by atoms with E-state index >= 15 is 0 Å². The minimum absolute atomic E-state index is 0.00930. The zero-order valence-electron chi connectivity index (χ0n) is 13.4. The summed E-state index contributed by atoms with van der Waals surface area (Å²) in [6, 6.07) is 0. The Morgan fingerprint density at radius 2 is 2.19 bits per heavy atom. The SMILES string of the molecule is CCCNC(=O)CN(C)C(=O)CN1CCCC(CCN)C1. The van der Waals surface area contributed by atoms with Crippen LogP contribution >= 0.6 is 0 Å². The Hall–Kier alpha value is -1.14. The molecule has 1 unspecified atom stereocenters. The number of nitrogens with two attached hydrogens (primary N) is 1. The molecular weight excluding hydrogens is 268 g/mol. The first kappa shape index (κ1) is 17.9. The van der Waals surface area contributed by atoms with E-state index in [1.807, 2.05) is 6.92 Å². The molecule has 0 aromatic carbocycles. The van der Waals surface area contributed by atoms with Gasteiger partial charge in [-0.05, 0) is 44.7 Å². The summed E-state index contributed by atoms with van der Waals surface area (Å²) in [5.74, 6) is 0.525. The number of likely N-dealkylation sites (tertiary alicyclic amines) is 1. The summed E-state index contributed by atoms with van der Waals surface area (Å²) >= 11 is 0. The largest absolute Gasteiger partial charge is 0.355 e. The molecule has 0 radical (unpaired) electrons. The van der Waals surface area contributed by atoms with Crippen LogP contribution in [0.3, 0.4) is 0 Å². The highest BCUT2D eigenvalue weighted by Crippen LogP contribution is 2.18. The van der Waals surface area contributed by atoms with Gasteiger partial charge in [0.1, 0.15) is 0 Å². The normalized spacial score (nSPS) is 19.3. The summed E-state index contributed by atoms with van der Waals surface area (Å²) < 4.78 is 0. The molecule has 0 saturated carbocycles. The topological polar surface area (TPSA) is 78.7 Å². The number of likely N-dealkylation sites (N-methyl/N-ethyl adjacent to an activating group) is 1. The van der Waals surface area contributed by atoms with E-state index in [9.17, 15) is 9.59 Å². The molecule has 3 N–H and O–H groups in total. The van der Waals surface area contributed by atoms with Crippen molar-refractivity contribution in [2.75, 3.05) is 46.3 Å². The summed E-state index contributed by atoms with van der Waals surface area (Å²) in [5.41, 5.74) is 5.61. The molecule has 1 saturated heterocycles. The van der Waals surface area contributed by atoms with Gasteiger partial charge < -0.3 is 16.0 Å². The molecule has 6 heteroatoms. The van der Waals surface area contributed by atoms with Crippen LogP contribution < -0.4 is 11.1 Å². The second kappa shape index (κ2) is 9.73. The average Bonchev–Trinajstić information content (AvgIpc) is 2.45. The Labute approximate surface area is 128 Å². The summed E-state index contributed by atoms with van der Waals surface area (Å²) in [4.78, 5) is 27.5. The number of carbonyl (C=O) groups excluding carboxylic acids is 2. The van der Waals surface area contributed by atoms with E-state index in [-0.39, 0.29) is 18.4 Å². The van der Waals surface area contributed by atoms with Crippen LogP contribution in [0.4, 0.5) is 0 Å². The van der Waals surface area contributed by atoms with Crippen LogP contribution in [0.2, 0.25) is 0 Å². The summed E-state index contributed by atoms with van der Waals surface area (Å²) in [7, 11) is 1.69. The van der Waals surface area contributed by atoms with Gasteiger partial charge in [0.05, 0.1) is 13.1 Å². The minimum Gasteiger partial charge on any atom is -0.355 e. The molecule has 0 bridgehead atoms. The maximum Gasteiger partial charge on any atom is 0.239 e. The number of amides is 2. The second-order valence-corrected chi connectivity index (χ2v) is 5.92. The van der Waals surface area contributed by atoms with Crippen molar-refractivity contribution in [3.63, 3.8) is 0 Å². The monoisotopic (exact) mass is 298 g/mol. The molecule has 1 rings (SSSR count). The molecule has 1 fully saturated rings. The minimum atomic E-state index is -0.0904. The smallest absolute Gasteiger partial charge is 0.239 e. The second-order valence-electron chi connectivity index (χ2n) is 5.92. The Morgan fingerprint density at radius 3 is 2.86 bits per heavy atom. The summed E-state index contributed by atoms with van der Waals surface area (Å²) in [5, 5.41) is 2.79. The van der Waals surface area contributed by atoms with Gasteiger partial charge in [-0.15, -0.1) is 0 Å². The predicted molar refractivity (Wildman–Crippen MR) is 83.8 cm³/mol. The van der Waals surface area contributed by atoms with Crippen molar-refractivity contribution in [2.45, 2.75) is 32.6 Å². The number of carbonyl (C=O) groups is 2. The van der Waals surface area contributed by atoms with Gasteiger partial charge in [-0.1, -0.05) is 6.92 Å². The quantitative estimate of drug-likeness (QED) is 0.663. The highest BCUT2D eigenvalue weighted by Gasteiger charge is 2.22. The average molecular weight is 298 g/mol. The lowest BCUT2D eigenvalue weighted by atomic mass is 9.95. The van der Waals surface area contributed by atoms with Crippen LogP contribution in [0.5, 0.6) is 0 Å². The zero-order valence-corrected chi connectivity index (χ0v) is 13.4. The zero-order chi connectivity index (χ0) is 15.7. The van der Waals surface area contributed by atoms with Crippen LogP contribution in [0.25, 0.3) is 0 Å². The van der Waals surface area contributed by atoms with Crippen LogP contribution in [-0.2, 0) is 9.59 Å². The number of hydrogen-bond acceptors (Lipinski definition) is 4. The van der Waals surface area contributed by atoms with Gasteiger partial charge in [0, 0.05) is 20.1 Å². The Balaban J connectivity index is 2.32. The lowest BCUT2D eigenvalue weighted by molar-refractivity contribution is -0.136. The maximum atomic E-state index is 12.2. The molecule has 0 spiro atoms. The van der Waals surface area contributed by atoms with Gasteiger partial charge in [-0.25, -0.2) is 0 Å². The predicted octanol–water partition coefficient (Wildman–Crippen LogP) is 0.0318. The van der Waals surface area contributed by atoms with Gasteiger partial charge in [-0.2, -0.15) is 0 Å². The molecule has 1 aliphatic rings. The van der Waals surface area contributed by atoms with Crippen molar-refractivity contribution >= 4 is 11.8 Å². The third-order valence-electron chi connectivity index (χ3n) is 3.92. The van der Waals surface area contributed by atoms with E-state index in [1.165, 1.54) is 11.3 Å². The van der Waals surface area contributed by atoms with Crippen molar-refractivity contribution in [3.05, 3.63) is 0 Å². The fourth-order valence-corrected chi connectivity index (χ4v) is 2.70. The number of hydrogen-bond donors (Lipinski definition) is 2. The highest BCUT2D eigenvalue weighted by molar-refractivity contribution is 5.85. The van der Waals surface area contributed by atoms with Crippen molar-refractivity contribution in [3.8, 4) is 0 Å². The standard InChI is InChI=1S/C15H30N4O2/c1-3-8-17-14(20)11-18(2)15(21)12-19-9-4-5-13(10-19)6-7-16/h13H,3-12,16H2,1-2H3,(H,17,20). The first-order chi connectivity index (χ1) is 10.1. The molecule has 0 aromatic heterocycles.